The minimum absolute atomic E-state index is 0.328. The fourth-order valence-corrected chi connectivity index (χ4v) is 2.57. The van der Waals surface area contributed by atoms with E-state index < -0.39 is 0 Å². The zero-order valence-corrected chi connectivity index (χ0v) is 11.9. The molecule has 2 aromatic rings. The highest BCUT2D eigenvalue weighted by Gasteiger charge is 2.12. The van der Waals surface area contributed by atoms with Crippen molar-refractivity contribution in [2.45, 2.75) is 26.9 Å². The Morgan fingerprint density at radius 2 is 1.55 bits per heavy atom. The molecule has 1 N–H and O–H groups in total. The van der Waals surface area contributed by atoms with E-state index in [0.717, 1.165) is 24.6 Å². The molecule has 0 saturated heterocycles. The van der Waals surface area contributed by atoms with E-state index in [-0.39, 0.29) is 0 Å². The second-order valence-electron chi connectivity index (χ2n) is 5.29. The van der Waals surface area contributed by atoms with Gasteiger partial charge in [-0.05, 0) is 37.1 Å². The summed E-state index contributed by atoms with van der Waals surface area (Å²) in [7, 11) is 0. The summed E-state index contributed by atoms with van der Waals surface area (Å²) >= 11 is 0. The number of rotatable bonds is 4. The molecular weight excluding hydrogens is 250 g/mol. The van der Waals surface area contributed by atoms with Gasteiger partial charge in [-0.1, -0.05) is 35.4 Å². The first-order valence-corrected chi connectivity index (χ1v) is 6.87. The van der Waals surface area contributed by atoms with Gasteiger partial charge in [0.05, 0.1) is 0 Å². The summed E-state index contributed by atoms with van der Waals surface area (Å²) in [6.07, 6.45) is 0. The monoisotopic (exact) mass is 269 g/mol. The van der Waals surface area contributed by atoms with Crippen LogP contribution in [0.4, 0.5) is 0 Å². The summed E-state index contributed by atoms with van der Waals surface area (Å²) in [5.41, 5.74) is 5.15. The maximum Gasteiger partial charge on any atom is 0.231 e. The lowest BCUT2D eigenvalue weighted by Gasteiger charge is -2.08. The van der Waals surface area contributed by atoms with Crippen LogP contribution in [0, 0.1) is 13.8 Å². The van der Waals surface area contributed by atoms with Gasteiger partial charge in [-0.25, -0.2) is 0 Å². The summed E-state index contributed by atoms with van der Waals surface area (Å²) in [4.78, 5) is 0. The van der Waals surface area contributed by atoms with Crippen molar-refractivity contribution in [3.63, 3.8) is 0 Å². The Kier molecular flexibility index (Phi) is 3.61. The Balaban J connectivity index is 1.59. The molecule has 0 unspecified atom stereocenters. The SMILES string of the molecule is Cc1cc(C)cc(CNCc2ccc3c(c2)OCO3)c1. The quantitative estimate of drug-likeness (QED) is 0.923. The normalized spacial score (nSPS) is 12.7. The minimum atomic E-state index is 0.328. The van der Waals surface area contributed by atoms with E-state index in [4.69, 9.17) is 9.47 Å². The van der Waals surface area contributed by atoms with E-state index in [0.29, 0.717) is 6.79 Å². The largest absolute Gasteiger partial charge is 0.454 e. The van der Waals surface area contributed by atoms with Gasteiger partial charge in [0.2, 0.25) is 6.79 Å². The number of hydrogen-bond acceptors (Lipinski definition) is 3. The number of benzene rings is 2. The summed E-state index contributed by atoms with van der Waals surface area (Å²) < 4.78 is 10.7. The molecule has 0 saturated carbocycles. The summed E-state index contributed by atoms with van der Waals surface area (Å²) in [6, 6.07) is 12.7. The van der Waals surface area contributed by atoms with Gasteiger partial charge in [0, 0.05) is 13.1 Å². The molecule has 1 aliphatic heterocycles. The van der Waals surface area contributed by atoms with Crippen LogP contribution in [-0.4, -0.2) is 6.79 Å². The van der Waals surface area contributed by atoms with Crippen LogP contribution in [0.1, 0.15) is 22.3 Å². The lowest BCUT2D eigenvalue weighted by molar-refractivity contribution is 0.174. The summed E-state index contributed by atoms with van der Waals surface area (Å²) in [5, 5.41) is 3.47. The molecule has 0 amide bonds. The van der Waals surface area contributed by atoms with Gasteiger partial charge in [0.15, 0.2) is 11.5 Å². The summed E-state index contributed by atoms with van der Waals surface area (Å²) in [5.74, 6) is 1.68. The third-order valence-corrected chi connectivity index (χ3v) is 3.38. The van der Waals surface area contributed by atoms with Crippen molar-refractivity contribution in [1.82, 2.24) is 5.32 Å². The fourth-order valence-electron chi connectivity index (χ4n) is 2.57. The average molecular weight is 269 g/mol. The van der Waals surface area contributed by atoms with Crippen LogP contribution < -0.4 is 14.8 Å². The van der Waals surface area contributed by atoms with Gasteiger partial charge in [0.1, 0.15) is 0 Å². The van der Waals surface area contributed by atoms with Crippen LogP contribution >= 0.6 is 0 Å². The Labute approximate surface area is 119 Å². The van der Waals surface area contributed by atoms with Crippen LogP contribution in [0.5, 0.6) is 11.5 Å². The molecule has 1 heterocycles. The second kappa shape index (κ2) is 5.55. The molecule has 0 aliphatic carbocycles. The van der Waals surface area contributed by atoms with Crippen LogP contribution in [0.25, 0.3) is 0 Å². The molecule has 104 valence electrons. The molecule has 0 atom stereocenters. The molecule has 0 radical (unpaired) electrons. The Bertz CT molecular complexity index is 602. The molecule has 2 aromatic carbocycles. The predicted molar refractivity (Wildman–Crippen MR) is 79.0 cm³/mol. The van der Waals surface area contributed by atoms with Crippen LogP contribution in [-0.2, 0) is 13.1 Å². The number of aryl methyl sites for hydroxylation is 2. The number of ether oxygens (including phenoxy) is 2. The number of nitrogens with one attached hydrogen (secondary N) is 1. The van der Waals surface area contributed by atoms with Gasteiger partial charge in [-0.2, -0.15) is 0 Å². The van der Waals surface area contributed by atoms with E-state index in [2.05, 4.69) is 43.4 Å². The zero-order chi connectivity index (χ0) is 13.9. The van der Waals surface area contributed by atoms with Crippen molar-refractivity contribution in [3.8, 4) is 11.5 Å². The smallest absolute Gasteiger partial charge is 0.231 e. The highest BCUT2D eigenvalue weighted by Crippen LogP contribution is 2.32. The van der Waals surface area contributed by atoms with Crippen molar-refractivity contribution in [2.75, 3.05) is 6.79 Å². The number of fused-ring (bicyclic) bond motifs is 1. The highest BCUT2D eigenvalue weighted by molar-refractivity contribution is 5.44. The van der Waals surface area contributed by atoms with Gasteiger partial charge in [-0.3, -0.25) is 0 Å². The zero-order valence-electron chi connectivity index (χ0n) is 11.9. The van der Waals surface area contributed by atoms with Crippen molar-refractivity contribution in [1.29, 1.82) is 0 Å². The molecular formula is C17H19NO2. The highest BCUT2D eigenvalue weighted by atomic mass is 16.7. The first kappa shape index (κ1) is 13.0. The van der Waals surface area contributed by atoms with Gasteiger partial charge in [0.25, 0.3) is 0 Å². The minimum Gasteiger partial charge on any atom is -0.454 e. The first-order valence-electron chi connectivity index (χ1n) is 6.87. The van der Waals surface area contributed by atoms with Crippen LogP contribution in [0.3, 0.4) is 0 Å². The molecule has 3 heteroatoms. The first-order chi connectivity index (χ1) is 9.70. The topological polar surface area (TPSA) is 30.5 Å². The van der Waals surface area contributed by atoms with E-state index in [1.807, 2.05) is 12.1 Å². The number of hydrogen-bond donors (Lipinski definition) is 1. The third-order valence-electron chi connectivity index (χ3n) is 3.38. The van der Waals surface area contributed by atoms with Crippen LogP contribution in [0.2, 0.25) is 0 Å². The third kappa shape index (κ3) is 2.94. The summed E-state index contributed by atoms with van der Waals surface area (Å²) in [6.45, 7) is 6.29. The predicted octanol–water partition coefficient (Wildman–Crippen LogP) is 3.32. The molecule has 0 bridgehead atoms. The molecule has 3 nitrogen and oxygen atoms in total. The lowest BCUT2D eigenvalue weighted by Crippen LogP contribution is -2.12. The molecule has 0 aromatic heterocycles. The molecule has 0 spiro atoms. The Hall–Kier alpha value is -2.00. The Morgan fingerprint density at radius 1 is 0.850 bits per heavy atom. The second-order valence-corrected chi connectivity index (χ2v) is 5.29. The van der Waals surface area contributed by atoms with Crippen molar-refractivity contribution in [2.24, 2.45) is 0 Å². The van der Waals surface area contributed by atoms with E-state index in [1.165, 1.54) is 22.3 Å². The average Bonchev–Trinajstić information content (AvgIpc) is 2.85. The lowest BCUT2D eigenvalue weighted by atomic mass is 10.1. The van der Waals surface area contributed by atoms with Gasteiger partial charge in [-0.15, -0.1) is 0 Å². The maximum absolute atomic E-state index is 5.39. The molecule has 3 rings (SSSR count). The fraction of sp³-hybridized carbons (Fsp3) is 0.294. The van der Waals surface area contributed by atoms with E-state index in [1.54, 1.807) is 0 Å². The Morgan fingerprint density at radius 3 is 2.35 bits per heavy atom. The van der Waals surface area contributed by atoms with E-state index in [9.17, 15) is 0 Å². The van der Waals surface area contributed by atoms with Crippen molar-refractivity contribution >= 4 is 0 Å². The van der Waals surface area contributed by atoms with Crippen LogP contribution in [0.15, 0.2) is 36.4 Å². The standard InChI is InChI=1S/C17H19NO2/c1-12-5-13(2)7-15(6-12)10-18-9-14-3-4-16-17(8-14)20-11-19-16/h3-8,18H,9-11H2,1-2H3. The van der Waals surface area contributed by atoms with E-state index >= 15 is 0 Å². The van der Waals surface area contributed by atoms with Crippen molar-refractivity contribution < 1.29 is 9.47 Å². The molecule has 0 fully saturated rings. The molecule has 20 heavy (non-hydrogen) atoms. The maximum atomic E-state index is 5.39. The van der Waals surface area contributed by atoms with Crippen molar-refractivity contribution in [3.05, 3.63) is 58.7 Å². The molecule has 1 aliphatic rings. The van der Waals surface area contributed by atoms with Gasteiger partial charge >= 0.3 is 0 Å². The van der Waals surface area contributed by atoms with Gasteiger partial charge < -0.3 is 14.8 Å².